The number of rotatable bonds is 4. The van der Waals surface area contributed by atoms with Gasteiger partial charge in [0.05, 0.1) is 30.9 Å². The van der Waals surface area contributed by atoms with E-state index >= 15 is 0 Å². The van der Waals surface area contributed by atoms with Gasteiger partial charge in [-0.05, 0) is 37.1 Å². The summed E-state index contributed by atoms with van der Waals surface area (Å²) in [5, 5.41) is 10.6. The molecule has 5 heteroatoms. The molecule has 0 radical (unpaired) electrons. The third-order valence-electron chi connectivity index (χ3n) is 3.83. The molecule has 2 heterocycles. The Morgan fingerprint density at radius 3 is 3.00 bits per heavy atom. The lowest BCUT2D eigenvalue weighted by Gasteiger charge is -2.18. The van der Waals surface area contributed by atoms with Crippen LogP contribution in [0, 0.1) is 0 Å². The molecule has 3 rings (SSSR count). The van der Waals surface area contributed by atoms with Crippen molar-refractivity contribution < 1.29 is 9.84 Å². The van der Waals surface area contributed by atoms with Gasteiger partial charge in [-0.25, -0.2) is 4.98 Å². The molecule has 112 valence electrons. The second-order valence-corrected chi connectivity index (χ2v) is 6.61. The average Bonchev–Trinajstić information content (AvgIpc) is 3.06. The van der Waals surface area contributed by atoms with Gasteiger partial charge < -0.3 is 14.4 Å². The van der Waals surface area contributed by atoms with Gasteiger partial charge in [0.15, 0.2) is 0 Å². The number of aliphatic hydroxyl groups excluding tert-OH is 1. The first kappa shape index (κ1) is 14.6. The maximum Gasteiger partial charge on any atom is 0.125 e. The molecule has 1 N–H and O–H groups in total. The summed E-state index contributed by atoms with van der Waals surface area (Å²) in [6.45, 7) is 4.88. The van der Waals surface area contributed by atoms with E-state index in [9.17, 15) is 5.11 Å². The molecule has 1 aromatic carbocycles. The molecule has 21 heavy (non-hydrogen) atoms. The van der Waals surface area contributed by atoms with Gasteiger partial charge >= 0.3 is 0 Å². The number of nitrogens with zero attached hydrogens (tertiary/aromatic N) is 2. The van der Waals surface area contributed by atoms with Crippen LogP contribution in [0.5, 0.6) is 5.75 Å². The highest BCUT2D eigenvalue weighted by atomic mass is 79.9. The quantitative estimate of drug-likeness (QED) is 0.918. The van der Waals surface area contributed by atoms with E-state index in [0.717, 1.165) is 34.5 Å². The average molecular weight is 351 g/mol. The SMILES string of the molecule is CC(C)n1cncc1C(O)Cc1cc(Br)cc2c1OCC2. The van der Waals surface area contributed by atoms with Crippen LogP contribution in [-0.4, -0.2) is 21.3 Å². The lowest BCUT2D eigenvalue weighted by Crippen LogP contribution is -2.11. The second kappa shape index (κ2) is 5.81. The van der Waals surface area contributed by atoms with E-state index < -0.39 is 6.10 Å². The molecule has 0 fully saturated rings. The first-order chi connectivity index (χ1) is 10.1. The zero-order chi connectivity index (χ0) is 15.0. The van der Waals surface area contributed by atoms with Gasteiger partial charge in [-0.15, -0.1) is 0 Å². The van der Waals surface area contributed by atoms with Gasteiger partial charge in [0.1, 0.15) is 5.75 Å². The van der Waals surface area contributed by atoms with Gasteiger partial charge in [-0.3, -0.25) is 0 Å². The normalized spacial score (nSPS) is 15.1. The van der Waals surface area contributed by atoms with Gasteiger partial charge in [0, 0.05) is 23.4 Å². The van der Waals surface area contributed by atoms with Crippen LogP contribution in [0.15, 0.2) is 29.1 Å². The first-order valence-corrected chi connectivity index (χ1v) is 7.99. The molecule has 1 unspecified atom stereocenters. The lowest BCUT2D eigenvalue weighted by atomic mass is 10.0. The van der Waals surface area contributed by atoms with Crippen molar-refractivity contribution >= 4 is 15.9 Å². The van der Waals surface area contributed by atoms with Gasteiger partial charge in [0.25, 0.3) is 0 Å². The number of hydrogen-bond donors (Lipinski definition) is 1. The fourth-order valence-electron chi connectivity index (χ4n) is 2.81. The van der Waals surface area contributed by atoms with Crippen molar-refractivity contribution in [2.75, 3.05) is 6.61 Å². The Morgan fingerprint density at radius 1 is 1.43 bits per heavy atom. The highest BCUT2D eigenvalue weighted by Crippen LogP contribution is 2.35. The Bertz CT molecular complexity index is 652. The van der Waals surface area contributed by atoms with Crippen LogP contribution >= 0.6 is 15.9 Å². The van der Waals surface area contributed by atoms with Crippen LogP contribution in [0.1, 0.15) is 42.8 Å². The molecule has 0 amide bonds. The van der Waals surface area contributed by atoms with E-state index in [1.807, 2.05) is 10.6 Å². The number of halogens is 1. The van der Waals surface area contributed by atoms with Gasteiger partial charge in [0.2, 0.25) is 0 Å². The number of benzene rings is 1. The third kappa shape index (κ3) is 2.85. The fraction of sp³-hybridized carbons (Fsp3) is 0.438. The maximum atomic E-state index is 10.6. The Labute approximate surface area is 132 Å². The number of aliphatic hydroxyl groups is 1. The molecule has 1 aromatic heterocycles. The zero-order valence-electron chi connectivity index (χ0n) is 12.2. The molecule has 1 aliphatic rings. The molecular formula is C16H19BrN2O2. The summed E-state index contributed by atoms with van der Waals surface area (Å²) in [5.74, 6) is 0.938. The van der Waals surface area contributed by atoms with Crippen molar-refractivity contribution in [1.29, 1.82) is 0 Å². The van der Waals surface area contributed by atoms with Crippen molar-refractivity contribution in [1.82, 2.24) is 9.55 Å². The first-order valence-electron chi connectivity index (χ1n) is 7.20. The number of aromatic nitrogens is 2. The number of ether oxygens (including phenoxy) is 1. The van der Waals surface area contributed by atoms with E-state index in [0.29, 0.717) is 6.42 Å². The standard InChI is InChI=1S/C16H19BrN2O2/c1-10(2)19-9-18-8-14(19)15(20)7-12-6-13(17)5-11-3-4-21-16(11)12/h5-6,8-10,15,20H,3-4,7H2,1-2H3. The second-order valence-electron chi connectivity index (χ2n) is 5.69. The van der Waals surface area contributed by atoms with Gasteiger partial charge in [-0.1, -0.05) is 15.9 Å². The van der Waals surface area contributed by atoms with Crippen LogP contribution in [0.3, 0.4) is 0 Å². The van der Waals surface area contributed by atoms with E-state index in [-0.39, 0.29) is 6.04 Å². The minimum absolute atomic E-state index is 0.279. The zero-order valence-corrected chi connectivity index (χ0v) is 13.8. The number of imidazole rings is 1. The predicted molar refractivity (Wildman–Crippen MR) is 84.6 cm³/mol. The van der Waals surface area contributed by atoms with E-state index in [4.69, 9.17) is 4.74 Å². The molecule has 2 aromatic rings. The Kier molecular flexibility index (Phi) is 4.04. The Hall–Kier alpha value is -1.33. The number of hydrogen-bond acceptors (Lipinski definition) is 3. The highest BCUT2D eigenvalue weighted by Gasteiger charge is 2.22. The Balaban J connectivity index is 1.88. The molecule has 0 spiro atoms. The summed E-state index contributed by atoms with van der Waals surface area (Å²) in [6.07, 6.45) is 4.38. The van der Waals surface area contributed by atoms with Crippen LogP contribution in [0.4, 0.5) is 0 Å². The molecule has 0 bridgehead atoms. The molecule has 1 atom stereocenters. The Morgan fingerprint density at radius 2 is 2.24 bits per heavy atom. The smallest absolute Gasteiger partial charge is 0.125 e. The van der Waals surface area contributed by atoms with Gasteiger partial charge in [-0.2, -0.15) is 0 Å². The van der Waals surface area contributed by atoms with Crippen LogP contribution in [0.25, 0.3) is 0 Å². The third-order valence-corrected chi connectivity index (χ3v) is 4.29. The molecular weight excluding hydrogens is 332 g/mol. The largest absolute Gasteiger partial charge is 0.493 e. The molecule has 0 saturated carbocycles. The topological polar surface area (TPSA) is 47.3 Å². The molecule has 0 aliphatic carbocycles. The summed E-state index contributed by atoms with van der Waals surface area (Å²) in [7, 11) is 0. The van der Waals surface area contributed by atoms with Crippen molar-refractivity contribution in [3.8, 4) is 5.75 Å². The summed E-state index contributed by atoms with van der Waals surface area (Å²) in [5.41, 5.74) is 3.10. The molecule has 4 nitrogen and oxygen atoms in total. The minimum atomic E-state index is -0.586. The summed E-state index contributed by atoms with van der Waals surface area (Å²) < 4.78 is 8.76. The predicted octanol–water partition coefficient (Wildman–Crippen LogP) is 3.44. The van der Waals surface area contributed by atoms with Crippen molar-refractivity contribution in [3.05, 3.63) is 46.0 Å². The van der Waals surface area contributed by atoms with E-state index in [1.165, 1.54) is 5.56 Å². The monoisotopic (exact) mass is 350 g/mol. The van der Waals surface area contributed by atoms with E-state index in [1.54, 1.807) is 12.5 Å². The molecule has 1 aliphatic heterocycles. The van der Waals surface area contributed by atoms with Crippen molar-refractivity contribution in [2.45, 2.75) is 38.8 Å². The van der Waals surface area contributed by atoms with E-state index in [2.05, 4.69) is 40.8 Å². The summed E-state index contributed by atoms with van der Waals surface area (Å²) in [6, 6.07) is 4.40. The molecule has 0 saturated heterocycles. The number of fused-ring (bicyclic) bond motifs is 1. The van der Waals surface area contributed by atoms with Crippen molar-refractivity contribution in [3.63, 3.8) is 0 Å². The summed E-state index contributed by atoms with van der Waals surface area (Å²) in [4.78, 5) is 4.16. The maximum absolute atomic E-state index is 10.6. The highest BCUT2D eigenvalue weighted by molar-refractivity contribution is 9.10. The van der Waals surface area contributed by atoms with Crippen molar-refractivity contribution in [2.24, 2.45) is 0 Å². The fourth-order valence-corrected chi connectivity index (χ4v) is 3.37. The minimum Gasteiger partial charge on any atom is -0.493 e. The summed E-state index contributed by atoms with van der Waals surface area (Å²) >= 11 is 3.54. The van der Waals surface area contributed by atoms with Crippen LogP contribution in [-0.2, 0) is 12.8 Å². The van der Waals surface area contributed by atoms with Crippen LogP contribution < -0.4 is 4.74 Å². The van der Waals surface area contributed by atoms with Crippen LogP contribution in [0.2, 0.25) is 0 Å². The lowest BCUT2D eigenvalue weighted by molar-refractivity contribution is 0.166.